The van der Waals surface area contributed by atoms with Gasteiger partial charge >= 0.3 is 0 Å². The smallest absolute Gasteiger partial charge is 0.0692 e. The van der Waals surface area contributed by atoms with Crippen molar-refractivity contribution in [1.29, 1.82) is 0 Å². The Labute approximate surface area is 88.5 Å². The number of allylic oxidation sites excluding steroid dienone is 3. The van der Waals surface area contributed by atoms with E-state index in [0.29, 0.717) is 5.92 Å². The summed E-state index contributed by atoms with van der Waals surface area (Å²) < 4.78 is 0. The number of aliphatic hydroxyl groups excluding tert-OH is 1. The van der Waals surface area contributed by atoms with Gasteiger partial charge in [-0.25, -0.2) is 0 Å². The highest BCUT2D eigenvalue weighted by Crippen LogP contribution is 2.12. The Morgan fingerprint density at radius 3 is 2.43 bits per heavy atom. The van der Waals surface area contributed by atoms with E-state index < -0.39 is 0 Å². The van der Waals surface area contributed by atoms with Gasteiger partial charge in [0.2, 0.25) is 0 Å². The third-order valence-corrected chi connectivity index (χ3v) is 2.17. The second-order valence-corrected chi connectivity index (χ2v) is 4.37. The van der Waals surface area contributed by atoms with Gasteiger partial charge in [0.05, 0.1) is 6.10 Å². The van der Waals surface area contributed by atoms with E-state index in [9.17, 15) is 0 Å². The van der Waals surface area contributed by atoms with Gasteiger partial charge in [-0.2, -0.15) is 0 Å². The summed E-state index contributed by atoms with van der Waals surface area (Å²) in [5.74, 6) is 0.709. The van der Waals surface area contributed by atoms with Crippen LogP contribution >= 0.6 is 0 Å². The van der Waals surface area contributed by atoms with E-state index in [2.05, 4.69) is 32.9 Å². The van der Waals surface area contributed by atoms with Crippen LogP contribution in [0.4, 0.5) is 0 Å². The molecule has 0 aromatic heterocycles. The largest absolute Gasteiger partial charge is 0.389 e. The van der Waals surface area contributed by atoms with Crippen molar-refractivity contribution in [2.24, 2.45) is 5.92 Å². The normalized spacial score (nSPS) is 15.5. The van der Waals surface area contributed by atoms with Gasteiger partial charge in [-0.1, -0.05) is 30.7 Å². The molecule has 1 heteroatoms. The lowest BCUT2D eigenvalue weighted by atomic mass is 10.0. The van der Waals surface area contributed by atoms with Gasteiger partial charge in [-0.15, -0.1) is 0 Å². The molecule has 0 rings (SSSR count). The molecule has 0 saturated heterocycles. The van der Waals surface area contributed by atoms with Crippen molar-refractivity contribution in [2.75, 3.05) is 0 Å². The fourth-order valence-electron chi connectivity index (χ4n) is 1.28. The van der Waals surface area contributed by atoms with Crippen LogP contribution in [0.2, 0.25) is 0 Å². The summed E-state index contributed by atoms with van der Waals surface area (Å²) in [4.78, 5) is 0. The number of aliphatic hydroxyl groups is 1. The number of hydrogen-bond donors (Lipinski definition) is 1. The van der Waals surface area contributed by atoms with E-state index >= 15 is 0 Å². The molecule has 0 amide bonds. The summed E-state index contributed by atoms with van der Waals surface area (Å²) in [6.45, 7) is 8.31. The van der Waals surface area contributed by atoms with Crippen LogP contribution < -0.4 is 0 Å². The van der Waals surface area contributed by atoms with E-state index in [1.165, 1.54) is 18.4 Å². The average Bonchev–Trinajstić information content (AvgIpc) is 2.02. The summed E-state index contributed by atoms with van der Waals surface area (Å²) in [5.41, 5.74) is 1.40. The highest BCUT2D eigenvalue weighted by Gasteiger charge is 1.97. The van der Waals surface area contributed by atoms with Gasteiger partial charge < -0.3 is 5.11 Å². The standard InChI is InChI=1S/C13H24O/c1-11(2)7-5-8-12(3)9-6-10-13(4)14/h6-7,10,12-14H,5,8-9H2,1-4H3/t12-,13?/m1/s1. The van der Waals surface area contributed by atoms with Gasteiger partial charge in [0.15, 0.2) is 0 Å². The first-order valence-electron chi connectivity index (χ1n) is 5.50. The van der Waals surface area contributed by atoms with Gasteiger partial charge in [0.1, 0.15) is 0 Å². The van der Waals surface area contributed by atoms with Crippen LogP contribution in [0.3, 0.4) is 0 Å². The molecule has 0 aliphatic rings. The topological polar surface area (TPSA) is 20.2 Å². The molecule has 0 saturated carbocycles. The first-order chi connectivity index (χ1) is 6.52. The SMILES string of the molecule is CC(C)=CCC[C@@H](C)CC=CC(C)O. The molecule has 0 fully saturated rings. The van der Waals surface area contributed by atoms with E-state index in [1.54, 1.807) is 6.92 Å². The second kappa shape index (κ2) is 7.81. The van der Waals surface area contributed by atoms with Crippen LogP contribution in [-0.2, 0) is 0 Å². The van der Waals surface area contributed by atoms with Gasteiger partial charge in [-0.05, 0) is 46.0 Å². The molecule has 14 heavy (non-hydrogen) atoms. The highest BCUT2D eigenvalue weighted by molar-refractivity contribution is 4.93. The lowest BCUT2D eigenvalue weighted by Gasteiger charge is -2.06. The number of rotatable bonds is 6. The maximum atomic E-state index is 9.02. The molecule has 1 unspecified atom stereocenters. The first-order valence-corrected chi connectivity index (χ1v) is 5.50. The third-order valence-electron chi connectivity index (χ3n) is 2.17. The lowest BCUT2D eigenvalue weighted by molar-refractivity contribution is 0.243. The Bertz CT molecular complexity index is 185. The van der Waals surface area contributed by atoms with Crippen molar-refractivity contribution in [3.63, 3.8) is 0 Å². The Morgan fingerprint density at radius 2 is 1.93 bits per heavy atom. The van der Waals surface area contributed by atoms with Crippen LogP contribution in [0.1, 0.15) is 47.0 Å². The van der Waals surface area contributed by atoms with Crippen LogP contribution in [-0.4, -0.2) is 11.2 Å². The summed E-state index contributed by atoms with van der Waals surface area (Å²) in [6, 6.07) is 0. The molecule has 0 spiro atoms. The minimum atomic E-state index is -0.306. The van der Waals surface area contributed by atoms with Crippen LogP contribution in [0.25, 0.3) is 0 Å². The van der Waals surface area contributed by atoms with E-state index in [1.807, 2.05) is 6.08 Å². The van der Waals surface area contributed by atoms with Crippen molar-refractivity contribution in [2.45, 2.75) is 53.1 Å². The van der Waals surface area contributed by atoms with Crippen molar-refractivity contribution in [3.8, 4) is 0 Å². The lowest BCUT2D eigenvalue weighted by Crippen LogP contribution is -1.95. The second-order valence-electron chi connectivity index (χ2n) is 4.37. The molecular formula is C13H24O. The first kappa shape index (κ1) is 13.4. The molecule has 82 valence electrons. The summed E-state index contributed by atoms with van der Waals surface area (Å²) in [7, 11) is 0. The molecule has 1 N–H and O–H groups in total. The monoisotopic (exact) mass is 196 g/mol. The van der Waals surface area contributed by atoms with Gasteiger partial charge in [-0.3, -0.25) is 0 Å². The quantitative estimate of drug-likeness (QED) is 0.642. The van der Waals surface area contributed by atoms with E-state index in [4.69, 9.17) is 5.11 Å². The number of hydrogen-bond acceptors (Lipinski definition) is 1. The van der Waals surface area contributed by atoms with Crippen molar-refractivity contribution >= 4 is 0 Å². The fourth-order valence-corrected chi connectivity index (χ4v) is 1.28. The summed E-state index contributed by atoms with van der Waals surface area (Å²) in [6.07, 6.45) is 9.40. The zero-order chi connectivity index (χ0) is 11.0. The van der Waals surface area contributed by atoms with Crippen LogP contribution in [0, 0.1) is 5.92 Å². The highest BCUT2D eigenvalue weighted by atomic mass is 16.3. The minimum Gasteiger partial charge on any atom is -0.389 e. The molecule has 0 bridgehead atoms. The zero-order valence-electron chi connectivity index (χ0n) is 9.96. The molecule has 0 heterocycles. The summed E-state index contributed by atoms with van der Waals surface area (Å²) in [5, 5.41) is 9.02. The van der Waals surface area contributed by atoms with Crippen LogP contribution in [0.15, 0.2) is 23.8 Å². The predicted molar refractivity (Wildman–Crippen MR) is 63.3 cm³/mol. The van der Waals surface area contributed by atoms with Gasteiger partial charge in [0, 0.05) is 0 Å². The third kappa shape index (κ3) is 9.53. The van der Waals surface area contributed by atoms with E-state index in [-0.39, 0.29) is 6.10 Å². The molecule has 1 nitrogen and oxygen atoms in total. The van der Waals surface area contributed by atoms with Crippen molar-refractivity contribution in [1.82, 2.24) is 0 Å². The molecule has 2 atom stereocenters. The molecule has 0 aromatic rings. The van der Waals surface area contributed by atoms with E-state index in [0.717, 1.165) is 6.42 Å². The Morgan fingerprint density at radius 1 is 1.29 bits per heavy atom. The Kier molecular flexibility index (Phi) is 7.50. The molecule has 0 radical (unpaired) electrons. The fraction of sp³-hybridized carbons (Fsp3) is 0.692. The van der Waals surface area contributed by atoms with Crippen LogP contribution in [0.5, 0.6) is 0 Å². The Balaban J connectivity index is 3.56. The Hall–Kier alpha value is -0.560. The predicted octanol–water partition coefficient (Wildman–Crippen LogP) is 3.70. The van der Waals surface area contributed by atoms with Crippen molar-refractivity contribution in [3.05, 3.63) is 23.8 Å². The molecular weight excluding hydrogens is 172 g/mol. The molecule has 0 aliphatic carbocycles. The van der Waals surface area contributed by atoms with Crippen molar-refractivity contribution < 1.29 is 5.11 Å². The maximum absolute atomic E-state index is 9.02. The minimum absolute atomic E-state index is 0.306. The molecule has 0 aliphatic heterocycles. The zero-order valence-corrected chi connectivity index (χ0v) is 9.96. The maximum Gasteiger partial charge on any atom is 0.0692 e. The summed E-state index contributed by atoms with van der Waals surface area (Å²) >= 11 is 0. The average molecular weight is 196 g/mol. The van der Waals surface area contributed by atoms with Gasteiger partial charge in [0.25, 0.3) is 0 Å². The molecule has 0 aromatic carbocycles.